The van der Waals surface area contributed by atoms with E-state index in [0.29, 0.717) is 28.6 Å². The van der Waals surface area contributed by atoms with Gasteiger partial charge in [-0.05, 0) is 99.5 Å². The summed E-state index contributed by atoms with van der Waals surface area (Å²) in [6, 6.07) is 9.41. The molecule has 8 heteroatoms. The first-order valence-corrected chi connectivity index (χ1v) is 12.9. The number of alkyl halides is 1. The maximum atomic E-state index is 15.7. The Balaban J connectivity index is 1.39. The molecule has 0 amide bonds. The fourth-order valence-electron chi connectivity index (χ4n) is 5.33. The average molecular weight is 514 g/mol. The number of ether oxygens (including phenoxy) is 1. The predicted molar refractivity (Wildman–Crippen MR) is 139 cm³/mol. The van der Waals surface area contributed by atoms with E-state index in [2.05, 4.69) is 14.9 Å². The van der Waals surface area contributed by atoms with Gasteiger partial charge in [0.25, 0.3) is 0 Å². The van der Waals surface area contributed by atoms with Gasteiger partial charge in [0.2, 0.25) is 0 Å². The Morgan fingerprint density at radius 1 is 1.25 bits per heavy atom. The quantitative estimate of drug-likeness (QED) is 0.325. The van der Waals surface area contributed by atoms with E-state index in [1.54, 1.807) is 25.3 Å². The number of likely N-dealkylation sites (tertiary alicyclic amines) is 1. The number of aryl methyl sites for hydroxylation is 1. The fraction of sp³-hybridized carbons (Fsp3) is 0.464. The van der Waals surface area contributed by atoms with Crippen LogP contribution >= 0.6 is 11.6 Å². The second-order valence-electron chi connectivity index (χ2n) is 9.78. The largest absolute Gasteiger partial charge is 0.497 e. The van der Waals surface area contributed by atoms with Crippen LogP contribution in [0.1, 0.15) is 55.8 Å². The zero-order valence-corrected chi connectivity index (χ0v) is 21.4. The molecule has 192 valence electrons. The second kappa shape index (κ2) is 12.0. The Kier molecular flexibility index (Phi) is 8.75. The molecule has 1 aliphatic heterocycles. The molecule has 1 N–H and O–H groups in total. The molecule has 0 unspecified atom stereocenters. The van der Waals surface area contributed by atoms with Gasteiger partial charge in [0.15, 0.2) is 0 Å². The van der Waals surface area contributed by atoms with E-state index < -0.39 is 17.6 Å². The van der Waals surface area contributed by atoms with Gasteiger partial charge in [-0.25, -0.2) is 4.39 Å². The lowest BCUT2D eigenvalue weighted by molar-refractivity contribution is -0.141. The Morgan fingerprint density at radius 3 is 2.69 bits per heavy atom. The molecule has 2 aromatic heterocycles. The van der Waals surface area contributed by atoms with Crippen LogP contribution in [0.5, 0.6) is 5.75 Å². The summed E-state index contributed by atoms with van der Waals surface area (Å²) < 4.78 is 21.0. The Labute approximate surface area is 216 Å². The van der Waals surface area contributed by atoms with Crippen LogP contribution in [0.15, 0.2) is 48.9 Å². The van der Waals surface area contributed by atoms with E-state index >= 15 is 4.39 Å². The minimum atomic E-state index is -1.32. The minimum Gasteiger partial charge on any atom is -0.497 e. The van der Waals surface area contributed by atoms with E-state index in [0.717, 1.165) is 45.3 Å². The number of carbonyl (C=O) groups is 1. The summed E-state index contributed by atoms with van der Waals surface area (Å²) >= 11 is 6.40. The molecule has 1 saturated heterocycles. The summed E-state index contributed by atoms with van der Waals surface area (Å²) in [5.41, 5.74) is 1.92. The maximum absolute atomic E-state index is 15.7. The topological polar surface area (TPSA) is 75.6 Å². The standard InChI is InChI=1S/C28H33ClFN3O3/c1-36-21-4-5-25-22(17-21)27(23(29)19-32-25)24(30)6-9-28(18-26(34)35)10-15-33(16-11-28)14-2-3-20-7-12-31-13-8-20/h4-5,7-8,12-13,17,19,24H,2-3,6,9-11,14-16,18H2,1H3,(H,34,35)/t24-/m0/s1. The van der Waals surface area contributed by atoms with Crippen LogP contribution in [0.4, 0.5) is 4.39 Å². The van der Waals surface area contributed by atoms with Crippen molar-refractivity contribution in [1.82, 2.24) is 14.9 Å². The molecule has 0 radical (unpaired) electrons. The molecule has 1 aromatic carbocycles. The van der Waals surface area contributed by atoms with Gasteiger partial charge in [-0.3, -0.25) is 14.8 Å². The highest BCUT2D eigenvalue weighted by Crippen LogP contribution is 2.44. The van der Waals surface area contributed by atoms with Crippen LogP contribution < -0.4 is 4.74 Å². The molecular formula is C28H33ClFN3O3. The number of pyridine rings is 2. The number of halogens is 2. The number of carboxylic acid groups (broad SMARTS) is 1. The van der Waals surface area contributed by atoms with Crippen molar-refractivity contribution in [3.05, 3.63) is 65.1 Å². The van der Waals surface area contributed by atoms with Gasteiger partial charge in [-0.15, -0.1) is 0 Å². The molecule has 4 rings (SSSR count). The van der Waals surface area contributed by atoms with Crippen LogP contribution in [-0.2, 0) is 11.2 Å². The fourth-order valence-corrected chi connectivity index (χ4v) is 5.60. The molecule has 0 spiro atoms. The average Bonchev–Trinajstić information content (AvgIpc) is 2.88. The van der Waals surface area contributed by atoms with Crippen molar-refractivity contribution in [1.29, 1.82) is 0 Å². The molecule has 0 aliphatic carbocycles. The normalized spacial score (nSPS) is 16.6. The van der Waals surface area contributed by atoms with Crippen LogP contribution in [-0.4, -0.2) is 52.7 Å². The molecule has 36 heavy (non-hydrogen) atoms. The number of fused-ring (bicyclic) bond motifs is 1. The first kappa shape index (κ1) is 26.3. The minimum absolute atomic E-state index is 0.0588. The third kappa shape index (κ3) is 6.51. The van der Waals surface area contributed by atoms with E-state index in [1.165, 1.54) is 11.8 Å². The summed E-state index contributed by atoms with van der Waals surface area (Å²) in [5.74, 6) is -0.215. The molecule has 3 aromatic rings. The summed E-state index contributed by atoms with van der Waals surface area (Å²) in [7, 11) is 1.56. The molecule has 1 fully saturated rings. The summed E-state index contributed by atoms with van der Waals surface area (Å²) in [4.78, 5) is 22.5. The molecule has 6 nitrogen and oxygen atoms in total. The monoisotopic (exact) mass is 513 g/mol. The lowest BCUT2D eigenvalue weighted by Crippen LogP contribution is -2.41. The second-order valence-corrected chi connectivity index (χ2v) is 10.2. The van der Waals surface area contributed by atoms with Gasteiger partial charge in [-0.1, -0.05) is 11.6 Å². The Hall–Kier alpha value is -2.77. The summed E-state index contributed by atoms with van der Waals surface area (Å²) in [6.07, 6.45) is 8.09. The zero-order chi connectivity index (χ0) is 25.5. The zero-order valence-electron chi connectivity index (χ0n) is 20.6. The van der Waals surface area contributed by atoms with Crippen molar-refractivity contribution in [3.63, 3.8) is 0 Å². The lowest BCUT2D eigenvalue weighted by Gasteiger charge is -2.41. The van der Waals surface area contributed by atoms with Crippen LogP contribution in [0.2, 0.25) is 5.02 Å². The molecule has 1 atom stereocenters. The van der Waals surface area contributed by atoms with Crippen LogP contribution in [0, 0.1) is 5.41 Å². The maximum Gasteiger partial charge on any atom is 0.303 e. The van der Waals surface area contributed by atoms with Crippen LogP contribution in [0.3, 0.4) is 0 Å². The molecule has 0 bridgehead atoms. The van der Waals surface area contributed by atoms with E-state index in [9.17, 15) is 9.90 Å². The Morgan fingerprint density at radius 2 is 2.00 bits per heavy atom. The Bertz CT molecular complexity index is 1170. The van der Waals surface area contributed by atoms with Crippen molar-refractivity contribution < 1.29 is 19.0 Å². The summed E-state index contributed by atoms with van der Waals surface area (Å²) in [5, 5.41) is 10.5. The third-order valence-electron chi connectivity index (χ3n) is 7.44. The van der Waals surface area contributed by atoms with Gasteiger partial charge in [-0.2, -0.15) is 0 Å². The number of rotatable bonds is 11. The highest BCUT2D eigenvalue weighted by Gasteiger charge is 2.37. The van der Waals surface area contributed by atoms with E-state index in [4.69, 9.17) is 16.3 Å². The van der Waals surface area contributed by atoms with Gasteiger partial charge in [0.05, 0.1) is 24.1 Å². The summed E-state index contributed by atoms with van der Waals surface area (Å²) in [6.45, 7) is 2.63. The van der Waals surface area contributed by atoms with E-state index in [-0.39, 0.29) is 17.9 Å². The number of methoxy groups -OCH3 is 1. The lowest BCUT2D eigenvalue weighted by atomic mass is 9.71. The van der Waals surface area contributed by atoms with Crippen LogP contribution in [0.25, 0.3) is 10.9 Å². The molecule has 0 saturated carbocycles. The SMILES string of the molecule is COc1ccc2ncc(Cl)c([C@@H](F)CCC3(CC(=O)O)CCN(CCCc4ccncc4)CC3)c2c1. The van der Waals surface area contributed by atoms with Crippen molar-refractivity contribution in [2.75, 3.05) is 26.7 Å². The molecule has 3 heterocycles. The van der Waals surface area contributed by atoms with Gasteiger partial charge < -0.3 is 14.7 Å². The van der Waals surface area contributed by atoms with Crippen molar-refractivity contribution in [2.24, 2.45) is 5.41 Å². The van der Waals surface area contributed by atoms with Gasteiger partial charge in [0.1, 0.15) is 11.9 Å². The first-order chi connectivity index (χ1) is 17.4. The van der Waals surface area contributed by atoms with Crippen molar-refractivity contribution in [2.45, 2.75) is 51.1 Å². The third-order valence-corrected chi connectivity index (χ3v) is 7.74. The smallest absolute Gasteiger partial charge is 0.303 e. The number of benzene rings is 1. The van der Waals surface area contributed by atoms with Crippen molar-refractivity contribution in [3.8, 4) is 5.75 Å². The number of hydrogen-bond donors (Lipinski definition) is 1. The molecule has 1 aliphatic rings. The molecular weight excluding hydrogens is 481 g/mol. The van der Waals surface area contributed by atoms with Crippen molar-refractivity contribution >= 4 is 28.5 Å². The highest BCUT2D eigenvalue weighted by molar-refractivity contribution is 6.32. The number of aliphatic carboxylic acids is 1. The number of carboxylic acids is 1. The number of hydrogen-bond acceptors (Lipinski definition) is 5. The first-order valence-electron chi connectivity index (χ1n) is 12.5. The van der Waals surface area contributed by atoms with Gasteiger partial charge >= 0.3 is 5.97 Å². The number of nitrogens with zero attached hydrogens (tertiary/aromatic N) is 3. The predicted octanol–water partition coefficient (Wildman–Crippen LogP) is 6.27. The van der Waals surface area contributed by atoms with E-state index in [1.807, 2.05) is 24.5 Å². The number of aromatic nitrogens is 2. The number of piperidine rings is 1. The highest BCUT2D eigenvalue weighted by atomic mass is 35.5. The van der Waals surface area contributed by atoms with Gasteiger partial charge in [0, 0.05) is 29.5 Å².